The van der Waals surface area contributed by atoms with Gasteiger partial charge < -0.3 is 10.0 Å². The van der Waals surface area contributed by atoms with Gasteiger partial charge in [-0.05, 0) is 63.8 Å². The van der Waals surface area contributed by atoms with Gasteiger partial charge in [0.25, 0.3) is 5.91 Å². The van der Waals surface area contributed by atoms with E-state index in [4.69, 9.17) is 0 Å². The normalized spacial score (nSPS) is 22.3. The van der Waals surface area contributed by atoms with Crippen molar-refractivity contribution in [2.75, 3.05) is 26.2 Å². The fraction of sp³-hybridized carbons (Fsp3) is 0.650. The molecule has 2 aliphatic heterocycles. The Hall–Kier alpha value is -1.39. The number of hydrogen-bond acceptors (Lipinski definition) is 3. The molecular weight excluding hydrogens is 300 g/mol. The highest BCUT2D eigenvalue weighted by Crippen LogP contribution is 2.22. The number of amides is 1. The second-order valence-electron chi connectivity index (χ2n) is 7.95. The summed E-state index contributed by atoms with van der Waals surface area (Å²) in [6, 6.07) is 8.48. The molecule has 1 amide bonds. The van der Waals surface area contributed by atoms with E-state index in [0.29, 0.717) is 12.5 Å². The minimum atomic E-state index is -0.669. The predicted molar refractivity (Wildman–Crippen MR) is 96.2 cm³/mol. The van der Waals surface area contributed by atoms with Crippen molar-refractivity contribution in [3.8, 4) is 0 Å². The van der Waals surface area contributed by atoms with Gasteiger partial charge in [0.2, 0.25) is 0 Å². The molecule has 0 aliphatic carbocycles. The first-order valence-corrected chi connectivity index (χ1v) is 9.27. The van der Waals surface area contributed by atoms with E-state index in [-0.39, 0.29) is 5.91 Å². The van der Waals surface area contributed by atoms with Crippen LogP contribution >= 0.6 is 0 Å². The van der Waals surface area contributed by atoms with Crippen LogP contribution in [0.1, 0.15) is 55.5 Å². The lowest BCUT2D eigenvalue weighted by Gasteiger charge is -2.44. The van der Waals surface area contributed by atoms with Gasteiger partial charge >= 0.3 is 0 Å². The molecule has 132 valence electrons. The minimum Gasteiger partial charge on any atom is -0.390 e. The number of aryl methyl sites for hydroxylation is 1. The zero-order chi connectivity index (χ0) is 17.2. The van der Waals surface area contributed by atoms with E-state index in [1.807, 2.05) is 43.0 Å². The van der Waals surface area contributed by atoms with Gasteiger partial charge in [-0.25, -0.2) is 0 Å². The number of carbonyl (C=O) groups excluding carboxylic acids is 1. The van der Waals surface area contributed by atoms with Crippen molar-refractivity contribution in [1.29, 1.82) is 0 Å². The summed E-state index contributed by atoms with van der Waals surface area (Å²) < 4.78 is 0. The zero-order valence-corrected chi connectivity index (χ0v) is 15.0. The van der Waals surface area contributed by atoms with Gasteiger partial charge in [-0.1, -0.05) is 18.6 Å². The number of fused-ring (bicyclic) bond motifs is 1. The maximum Gasteiger partial charge on any atom is 0.253 e. The predicted octanol–water partition coefficient (Wildman–Crippen LogP) is 2.70. The van der Waals surface area contributed by atoms with Crippen molar-refractivity contribution in [3.05, 3.63) is 35.4 Å². The molecule has 2 fully saturated rings. The molecule has 24 heavy (non-hydrogen) atoms. The first-order valence-electron chi connectivity index (χ1n) is 9.27. The molecule has 4 heteroatoms. The smallest absolute Gasteiger partial charge is 0.253 e. The average Bonchev–Trinajstić information content (AvgIpc) is 2.58. The van der Waals surface area contributed by atoms with Crippen LogP contribution in [-0.4, -0.2) is 58.6 Å². The van der Waals surface area contributed by atoms with Crippen molar-refractivity contribution in [2.24, 2.45) is 0 Å². The molecule has 0 bridgehead atoms. The van der Waals surface area contributed by atoms with E-state index in [2.05, 4.69) is 4.90 Å². The van der Waals surface area contributed by atoms with E-state index in [1.54, 1.807) is 0 Å². The van der Waals surface area contributed by atoms with Crippen molar-refractivity contribution < 1.29 is 9.90 Å². The van der Waals surface area contributed by atoms with Gasteiger partial charge in [0, 0.05) is 31.2 Å². The molecule has 1 N–H and O–H groups in total. The van der Waals surface area contributed by atoms with Crippen LogP contribution in [0.5, 0.6) is 0 Å². The highest BCUT2D eigenvalue weighted by molar-refractivity contribution is 5.94. The van der Waals surface area contributed by atoms with E-state index in [0.717, 1.165) is 37.2 Å². The number of rotatable bonds is 4. The molecular formula is C20H30N2O2. The van der Waals surface area contributed by atoms with Crippen LogP contribution < -0.4 is 0 Å². The number of aliphatic hydroxyl groups is 1. The van der Waals surface area contributed by atoms with Gasteiger partial charge in [0.15, 0.2) is 0 Å². The van der Waals surface area contributed by atoms with E-state index in [9.17, 15) is 9.90 Å². The van der Waals surface area contributed by atoms with E-state index >= 15 is 0 Å². The molecule has 0 unspecified atom stereocenters. The SMILES string of the molecule is CC(C)(O)CCc1cccc(C(=O)N2CCN3CCCC[C@@H]3C2)c1. The summed E-state index contributed by atoms with van der Waals surface area (Å²) in [5.41, 5.74) is 1.24. The summed E-state index contributed by atoms with van der Waals surface area (Å²) in [7, 11) is 0. The number of nitrogens with zero attached hydrogens (tertiary/aromatic N) is 2. The molecule has 1 atom stereocenters. The maximum absolute atomic E-state index is 12.9. The fourth-order valence-electron chi connectivity index (χ4n) is 3.83. The molecule has 0 radical (unpaired) electrons. The first-order chi connectivity index (χ1) is 11.4. The third-order valence-corrected chi connectivity index (χ3v) is 5.32. The van der Waals surface area contributed by atoms with Crippen molar-refractivity contribution in [1.82, 2.24) is 9.80 Å². The highest BCUT2D eigenvalue weighted by Gasteiger charge is 2.31. The standard InChI is InChI=1S/C20H30N2O2/c1-20(2,24)10-9-16-6-5-7-17(14-16)19(23)22-13-12-21-11-4-3-8-18(21)15-22/h5-7,14,18,24H,3-4,8-13,15H2,1-2H3/t18-/m1/s1. The summed E-state index contributed by atoms with van der Waals surface area (Å²) in [6.45, 7) is 7.56. The fourth-order valence-corrected chi connectivity index (χ4v) is 3.83. The Morgan fingerprint density at radius 3 is 2.88 bits per heavy atom. The minimum absolute atomic E-state index is 0.158. The molecule has 4 nitrogen and oxygen atoms in total. The summed E-state index contributed by atoms with van der Waals surface area (Å²) in [5.74, 6) is 0.158. The molecule has 1 aromatic carbocycles. The first kappa shape index (κ1) is 17.4. The largest absolute Gasteiger partial charge is 0.390 e. The van der Waals surface area contributed by atoms with Gasteiger partial charge in [-0.15, -0.1) is 0 Å². The topological polar surface area (TPSA) is 43.8 Å². The molecule has 2 heterocycles. The number of benzene rings is 1. The Kier molecular flexibility index (Phi) is 5.26. The van der Waals surface area contributed by atoms with E-state index in [1.165, 1.54) is 25.8 Å². The number of hydrogen-bond donors (Lipinski definition) is 1. The van der Waals surface area contributed by atoms with Gasteiger partial charge in [-0.2, -0.15) is 0 Å². The molecule has 0 spiro atoms. The number of piperazine rings is 1. The average molecular weight is 330 g/mol. The molecule has 2 saturated heterocycles. The Labute approximate surface area is 145 Å². The van der Waals surface area contributed by atoms with Crippen molar-refractivity contribution in [2.45, 2.75) is 57.6 Å². The Morgan fingerprint density at radius 1 is 1.25 bits per heavy atom. The molecule has 3 rings (SSSR count). The lowest BCUT2D eigenvalue weighted by Crippen LogP contribution is -2.56. The summed E-state index contributed by atoms with van der Waals surface area (Å²) >= 11 is 0. The lowest BCUT2D eigenvalue weighted by atomic mass is 9.97. The van der Waals surface area contributed by atoms with Crippen LogP contribution in [-0.2, 0) is 6.42 Å². The van der Waals surface area contributed by atoms with Gasteiger partial charge in [-0.3, -0.25) is 9.69 Å². The molecule has 0 saturated carbocycles. The van der Waals surface area contributed by atoms with Crippen molar-refractivity contribution in [3.63, 3.8) is 0 Å². The molecule has 1 aromatic rings. The quantitative estimate of drug-likeness (QED) is 0.923. The Balaban J connectivity index is 1.64. The Morgan fingerprint density at radius 2 is 2.08 bits per heavy atom. The van der Waals surface area contributed by atoms with Crippen molar-refractivity contribution >= 4 is 5.91 Å². The van der Waals surface area contributed by atoms with Crippen LogP contribution in [0.25, 0.3) is 0 Å². The number of piperidine rings is 1. The lowest BCUT2D eigenvalue weighted by molar-refractivity contribution is 0.0372. The summed E-state index contributed by atoms with van der Waals surface area (Å²) in [6.07, 6.45) is 5.30. The van der Waals surface area contributed by atoms with Crippen LogP contribution in [0.3, 0.4) is 0 Å². The van der Waals surface area contributed by atoms with Crippen LogP contribution in [0, 0.1) is 0 Å². The van der Waals surface area contributed by atoms with E-state index < -0.39 is 5.60 Å². The highest BCUT2D eigenvalue weighted by atomic mass is 16.3. The third-order valence-electron chi connectivity index (χ3n) is 5.32. The zero-order valence-electron chi connectivity index (χ0n) is 15.0. The summed E-state index contributed by atoms with van der Waals surface area (Å²) in [4.78, 5) is 17.5. The molecule has 2 aliphatic rings. The monoisotopic (exact) mass is 330 g/mol. The van der Waals surface area contributed by atoms with Crippen LogP contribution in [0.15, 0.2) is 24.3 Å². The van der Waals surface area contributed by atoms with Crippen LogP contribution in [0.2, 0.25) is 0 Å². The third kappa shape index (κ3) is 4.37. The maximum atomic E-state index is 12.9. The Bertz CT molecular complexity index is 579. The van der Waals surface area contributed by atoms with Crippen LogP contribution in [0.4, 0.5) is 0 Å². The second kappa shape index (κ2) is 7.24. The number of carbonyl (C=O) groups is 1. The van der Waals surface area contributed by atoms with Gasteiger partial charge in [0.1, 0.15) is 0 Å². The second-order valence-corrected chi connectivity index (χ2v) is 7.95. The summed E-state index contributed by atoms with van der Waals surface area (Å²) in [5, 5.41) is 9.89. The van der Waals surface area contributed by atoms with Gasteiger partial charge in [0.05, 0.1) is 5.60 Å². The molecule has 0 aromatic heterocycles.